The quantitative estimate of drug-likeness (QED) is 0.821. The molecule has 0 bridgehead atoms. The van der Waals surface area contributed by atoms with Gasteiger partial charge in [-0.05, 0) is 18.4 Å². The van der Waals surface area contributed by atoms with Crippen molar-refractivity contribution in [2.75, 3.05) is 19.6 Å². The molecule has 0 saturated carbocycles. The van der Waals surface area contributed by atoms with Crippen molar-refractivity contribution in [1.29, 1.82) is 0 Å². The highest BCUT2D eigenvalue weighted by Crippen LogP contribution is 2.28. The predicted molar refractivity (Wildman–Crippen MR) is 69.3 cm³/mol. The maximum atomic E-state index is 13.1. The van der Waals surface area contributed by atoms with E-state index < -0.39 is 5.92 Å². The standard InChI is InChI=1S/C14H20F2N2/c15-14(16)7-9-18(10-8-14)11-12-5-3-1-2-4-6-13(12)17/h1,3,5-6H,2,4,7-11,17H2/b3-1-,12-5-,13-6+. The van der Waals surface area contributed by atoms with Crippen molar-refractivity contribution in [2.24, 2.45) is 5.73 Å². The third-order valence-electron chi connectivity index (χ3n) is 3.48. The molecule has 4 heteroatoms. The summed E-state index contributed by atoms with van der Waals surface area (Å²) in [5.74, 6) is -2.48. The molecule has 1 aliphatic carbocycles. The fourth-order valence-electron chi connectivity index (χ4n) is 2.27. The Morgan fingerprint density at radius 1 is 1.22 bits per heavy atom. The number of hydrogen-bond donors (Lipinski definition) is 1. The minimum Gasteiger partial charge on any atom is -0.399 e. The van der Waals surface area contributed by atoms with Crippen LogP contribution in [-0.4, -0.2) is 30.5 Å². The summed E-state index contributed by atoms with van der Waals surface area (Å²) < 4.78 is 26.1. The molecular formula is C14H20F2N2. The fourth-order valence-corrected chi connectivity index (χ4v) is 2.27. The molecule has 1 heterocycles. The van der Waals surface area contributed by atoms with Gasteiger partial charge in [0.2, 0.25) is 0 Å². The van der Waals surface area contributed by atoms with Gasteiger partial charge in [-0.25, -0.2) is 8.78 Å². The van der Waals surface area contributed by atoms with Crippen molar-refractivity contribution in [3.8, 4) is 0 Å². The minimum atomic E-state index is -2.48. The minimum absolute atomic E-state index is 0.0419. The SMILES string of the molecule is NC1=C/CC\C=C/C=C\1CN1CCC(F)(F)CC1. The number of alkyl halides is 2. The summed E-state index contributed by atoms with van der Waals surface area (Å²) in [6.07, 6.45) is 9.99. The summed E-state index contributed by atoms with van der Waals surface area (Å²) in [4.78, 5) is 2.05. The second-order valence-electron chi connectivity index (χ2n) is 4.99. The number of hydrogen-bond acceptors (Lipinski definition) is 2. The van der Waals surface area contributed by atoms with Gasteiger partial charge in [0.15, 0.2) is 0 Å². The van der Waals surface area contributed by atoms with Gasteiger partial charge in [-0.2, -0.15) is 0 Å². The van der Waals surface area contributed by atoms with Crippen LogP contribution in [0.4, 0.5) is 8.78 Å². The smallest absolute Gasteiger partial charge is 0.250 e. The van der Waals surface area contributed by atoms with Crippen LogP contribution in [0.2, 0.25) is 0 Å². The van der Waals surface area contributed by atoms with E-state index in [2.05, 4.69) is 11.0 Å². The molecule has 0 aromatic carbocycles. The van der Waals surface area contributed by atoms with Gasteiger partial charge in [-0.3, -0.25) is 4.90 Å². The summed E-state index contributed by atoms with van der Waals surface area (Å²) >= 11 is 0. The van der Waals surface area contributed by atoms with Crippen LogP contribution in [0.15, 0.2) is 35.6 Å². The van der Waals surface area contributed by atoms with E-state index in [-0.39, 0.29) is 12.8 Å². The first kappa shape index (κ1) is 13.3. The number of halogens is 2. The van der Waals surface area contributed by atoms with Crippen LogP contribution in [-0.2, 0) is 0 Å². The zero-order valence-corrected chi connectivity index (χ0v) is 10.5. The lowest BCUT2D eigenvalue weighted by atomic mass is 10.0. The first-order valence-electron chi connectivity index (χ1n) is 6.49. The number of likely N-dealkylation sites (tertiary alicyclic amines) is 1. The highest BCUT2D eigenvalue weighted by Gasteiger charge is 2.33. The van der Waals surface area contributed by atoms with E-state index in [0.717, 1.165) is 24.1 Å². The van der Waals surface area contributed by atoms with Gasteiger partial charge in [0, 0.05) is 38.2 Å². The van der Waals surface area contributed by atoms with E-state index in [1.54, 1.807) is 0 Å². The van der Waals surface area contributed by atoms with Gasteiger partial charge < -0.3 is 5.73 Å². The highest BCUT2D eigenvalue weighted by atomic mass is 19.3. The third kappa shape index (κ3) is 3.67. The molecule has 0 aromatic heterocycles. The van der Waals surface area contributed by atoms with Gasteiger partial charge in [0.05, 0.1) is 0 Å². The molecule has 2 aliphatic rings. The van der Waals surface area contributed by atoms with Crippen molar-refractivity contribution in [1.82, 2.24) is 4.90 Å². The van der Waals surface area contributed by atoms with Crippen LogP contribution in [0.1, 0.15) is 25.7 Å². The maximum Gasteiger partial charge on any atom is 0.250 e. The van der Waals surface area contributed by atoms with Crippen molar-refractivity contribution < 1.29 is 8.78 Å². The van der Waals surface area contributed by atoms with Crippen LogP contribution in [0, 0.1) is 0 Å². The zero-order chi connectivity index (χ0) is 13.0. The molecule has 100 valence electrons. The third-order valence-corrected chi connectivity index (χ3v) is 3.48. The monoisotopic (exact) mass is 254 g/mol. The summed E-state index contributed by atoms with van der Waals surface area (Å²) in [5.41, 5.74) is 7.83. The molecule has 1 fully saturated rings. The van der Waals surface area contributed by atoms with E-state index in [4.69, 9.17) is 5.73 Å². The van der Waals surface area contributed by atoms with Gasteiger partial charge >= 0.3 is 0 Å². The Balaban J connectivity index is 1.96. The van der Waals surface area contributed by atoms with Crippen molar-refractivity contribution in [3.05, 3.63) is 35.6 Å². The van der Waals surface area contributed by atoms with Crippen LogP contribution >= 0.6 is 0 Å². The average molecular weight is 254 g/mol. The van der Waals surface area contributed by atoms with Crippen LogP contribution in [0.5, 0.6) is 0 Å². The van der Waals surface area contributed by atoms with Crippen LogP contribution in [0.25, 0.3) is 0 Å². The predicted octanol–water partition coefficient (Wildman–Crippen LogP) is 2.84. The lowest BCUT2D eigenvalue weighted by Crippen LogP contribution is -2.40. The highest BCUT2D eigenvalue weighted by molar-refractivity contribution is 5.33. The molecule has 0 spiro atoms. The first-order chi connectivity index (χ1) is 8.57. The van der Waals surface area contributed by atoms with Crippen LogP contribution in [0.3, 0.4) is 0 Å². The van der Waals surface area contributed by atoms with Crippen molar-refractivity contribution in [2.45, 2.75) is 31.6 Å². The summed E-state index contributed by atoms with van der Waals surface area (Å²) in [5, 5.41) is 0. The number of nitrogens with two attached hydrogens (primary N) is 1. The van der Waals surface area contributed by atoms with Crippen molar-refractivity contribution in [3.63, 3.8) is 0 Å². The Morgan fingerprint density at radius 2 is 1.94 bits per heavy atom. The lowest BCUT2D eigenvalue weighted by molar-refractivity contribution is -0.0533. The van der Waals surface area contributed by atoms with Gasteiger partial charge in [-0.15, -0.1) is 0 Å². The Morgan fingerprint density at radius 3 is 2.67 bits per heavy atom. The number of nitrogens with zero attached hydrogens (tertiary/aromatic N) is 1. The molecule has 2 nitrogen and oxygen atoms in total. The largest absolute Gasteiger partial charge is 0.399 e. The van der Waals surface area contributed by atoms with Gasteiger partial charge in [0.1, 0.15) is 0 Å². The summed E-state index contributed by atoms with van der Waals surface area (Å²) in [6, 6.07) is 0. The topological polar surface area (TPSA) is 29.3 Å². The Kier molecular flexibility index (Phi) is 4.17. The molecule has 1 aliphatic heterocycles. The fraction of sp³-hybridized carbons (Fsp3) is 0.571. The molecule has 0 unspecified atom stereocenters. The number of piperidine rings is 1. The Hall–Kier alpha value is -1.16. The Bertz CT molecular complexity index is 373. The average Bonchev–Trinajstić information content (AvgIpc) is 2.31. The molecule has 0 aromatic rings. The molecule has 0 atom stereocenters. The van der Waals surface area contributed by atoms with E-state index in [1.807, 2.05) is 18.2 Å². The second kappa shape index (κ2) is 5.65. The molecule has 2 N–H and O–H groups in total. The van der Waals surface area contributed by atoms with Gasteiger partial charge in [0.25, 0.3) is 5.92 Å². The maximum absolute atomic E-state index is 13.1. The molecule has 2 rings (SSSR count). The molecule has 0 amide bonds. The first-order valence-corrected chi connectivity index (χ1v) is 6.49. The summed E-state index contributed by atoms with van der Waals surface area (Å²) in [6.45, 7) is 1.56. The van der Waals surface area contributed by atoms with E-state index >= 15 is 0 Å². The molecular weight excluding hydrogens is 234 g/mol. The van der Waals surface area contributed by atoms with Gasteiger partial charge in [-0.1, -0.05) is 24.3 Å². The normalized spacial score (nSPS) is 32.6. The lowest BCUT2D eigenvalue weighted by Gasteiger charge is -2.32. The molecule has 18 heavy (non-hydrogen) atoms. The Labute approximate surface area is 107 Å². The number of allylic oxidation sites excluding steroid dienone is 4. The summed E-state index contributed by atoms with van der Waals surface area (Å²) in [7, 11) is 0. The second-order valence-corrected chi connectivity index (χ2v) is 4.99. The van der Waals surface area contributed by atoms with Crippen LogP contribution < -0.4 is 5.73 Å². The van der Waals surface area contributed by atoms with E-state index in [9.17, 15) is 8.78 Å². The molecule has 1 saturated heterocycles. The zero-order valence-electron chi connectivity index (χ0n) is 10.5. The van der Waals surface area contributed by atoms with E-state index in [1.165, 1.54) is 0 Å². The number of rotatable bonds is 2. The molecule has 0 radical (unpaired) electrons. The van der Waals surface area contributed by atoms with Crippen molar-refractivity contribution >= 4 is 0 Å². The van der Waals surface area contributed by atoms with E-state index in [0.29, 0.717) is 19.6 Å².